The van der Waals surface area contributed by atoms with Gasteiger partial charge in [-0.15, -0.1) is 0 Å². The summed E-state index contributed by atoms with van der Waals surface area (Å²) in [7, 11) is 0. The molecule has 1 aromatic rings. The topological polar surface area (TPSA) is 15.3 Å². The summed E-state index contributed by atoms with van der Waals surface area (Å²) in [6.45, 7) is 13.2. The van der Waals surface area contributed by atoms with Gasteiger partial charge in [0.1, 0.15) is 0 Å². The van der Waals surface area contributed by atoms with Gasteiger partial charge in [-0.3, -0.25) is 0 Å². The number of piperidine rings is 1. The molecule has 0 unspecified atom stereocenters. The molecule has 0 bridgehead atoms. The zero-order valence-electron chi connectivity index (χ0n) is 13.2. The Labute approximate surface area is 119 Å². The Kier molecular flexibility index (Phi) is 6.93. The highest BCUT2D eigenvalue weighted by molar-refractivity contribution is 5.46. The molecule has 108 valence electrons. The van der Waals surface area contributed by atoms with Crippen molar-refractivity contribution in [3.05, 3.63) is 29.8 Å². The summed E-state index contributed by atoms with van der Waals surface area (Å²) in [5, 5.41) is 3.65. The third-order valence-corrected chi connectivity index (χ3v) is 3.65. The van der Waals surface area contributed by atoms with E-state index in [1.54, 1.807) is 0 Å². The SMILES string of the molecule is CC.Cc1cccc(NC2CCN(C(C)C)CC2)c1. The Morgan fingerprint density at radius 3 is 2.32 bits per heavy atom. The summed E-state index contributed by atoms with van der Waals surface area (Å²) >= 11 is 0. The Hall–Kier alpha value is -1.02. The van der Waals surface area contributed by atoms with Crippen LogP contribution in [0.2, 0.25) is 0 Å². The monoisotopic (exact) mass is 262 g/mol. The van der Waals surface area contributed by atoms with Gasteiger partial charge in [0.25, 0.3) is 0 Å². The molecule has 19 heavy (non-hydrogen) atoms. The van der Waals surface area contributed by atoms with Crippen LogP contribution in [0.4, 0.5) is 5.69 Å². The van der Waals surface area contributed by atoms with E-state index in [0.29, 0.717) is 12.1 Å². The van der Waals surface area contributed by atoms with Crippen molar-refractivity contribution >= 4 is 5.69 Å². The average Bonchev–Trinajstić information content (AvgIpc) is 2.41. The van der Waals surface area contributed by atoms with Crippen LogP contribution in [0.3, 0.4) is 0 Å². The number of hydrogen-bond acceptors (Lipinski definition) is 2. The summed E-state index contributed by atoms with van der Waals surface area (Å²) in [6, 6.07) is 10.0. The van der Waals surface area contributed by atoms with Crippen molar-refractivity contribution in [2.45, 2.75) is 59.5 Å². The van der Waals surface area contributed by atoms with Crippen molar-refractivity contribution in [2.75, 3.05) is 18.4 Å². The van der Waals surface area contributed by atoms with E-state index < -0.39 is 0 Å². The maximum Gasteiger partial charge on any atom is 0.0344 e. The third kappa shape index (κ3) is 5.23. The Bertz CT molecular complexity index is 352. The van der Waals surface area contributed by atoms with Gasteiger partial charge in [-0.2, -0.15) is 0 Å². The Balaban J connectivity index is 0.000000861. The molecule has 0 radical (unpaired) electrons. The predicted molar refractivity (Wildman–Crippen MR) is 85.9 cm³/mol. The molecule has 1 saturated heterocycles. The number of hydrogen-bond donors (Lipinski definition) is 1. The largest absolute Gasteiger partial charge is 0.382 e. The minimum absolute atomic E-state index is 0.645. The second-order valence-corrected chi connectivity index (χ2v) is 5.42. The number of rotatable bonds is 3. The zero-order valence-corrected chi connectivity index (χ0v) is 13.2. The van der Waals surface area contributed by atoms with Crippen LogP contribution in [-0.2, 0) is 0 Å². The maximum atomic E-state index is 3.65. The van der Waals surface area contributed by atoms with Crippen LogP contribution in [0.25, 0.3) is 0 Å². The van der Waals surface area contributed by atoms with E-state index >= 15 is 0 Å². The van der Waals surface area contributed by atoms with Crippen molar-refractivity contribution in [1.82, 2.24) is 4.90 Å². The molecule has 1 N–H and O–H groups in total. The minimum Gasteiger partial charge on any atom is -0.382 e. The fourth-order valence-corrected chi connectivity index (χ4v) is 2.53. The van der Waals surface area contributed by atoms with Crippen LogP contribution >= 0.6 is 0 Å². The Morgan fingerprint density at radius 1 is 1.16 bits per heavy atom. The van der Waals surface area contributed by atoms with Gasteiger partial charge in [0, 0.05) is 30.9 Å². The summed E-state index contributed by atoms with van der Waals surface area (Å²) in [5.74, 6) is 0. The molecule has 1 fully saturated rings. The summed E-state index contributed by atoms with van der Waals surface area (Å²) < 4.78 is 0. The molecule has 1 aromatic carbocycles. The molecular weight excluding hydrogens is 232 g/mol. The minimum atomic E-state index is 0.645. The molecule has 2 nitrogen and oxygen atoms in total. The average molecular weight is 262 g/mol. The van der Waals surface area contributed by atoms with E-state index in [9.17, 15) is 0 Å². The number of nitrogens with one attached hydrogen (secondary N) is 1. The fraction of sp³-hybridized carbons (Fsp3) is 0.647. The Morgan fingerprint density at radius 2 is 1.79 bits per heavy atom. The van der Waals surface area contributed by atoms with Gasteiger partial charge in [0.15, 0.2) is 0 Å². The first-order valence-electron chi connectivity index (χ1n) is 7.72. The molecule has 2 heteroatoms. The summed E-state index contributed by atoms with van der Waals surface area (Å²) in [6.07, 6.45) is 2.51. The van der Waals surface area contributed by atoms with Crippen molar-refractivity contribution in [3.8, 4) is 0 Å². The van der Waals surface area contributed by atoms with Crippen molar-refractivity contribution < 1.29 is 0 Å². The number of likely N-dealkylation sites (tertiary alicyclic amines) is 1. The molecule has 2 rings (SSSR count). The zero-order chi connectivity index (χ0) is 14.3. The molecule has 0 aliphatic carbocycles. The van der Waals surface area contributed by atoms with Crippen LogP contribution in [0.1, 0.15) is 46.1 Å². The highest BCUT2D eigenvalue weighted by atomic mass is 15.2. The van der Waals surface area contributed by atoms with Gasteiger partial charge in [-0.05, 0) is 51.3 Å². The molecule has 1 aliphatic rings. The standard InChI is InChI=1S/C15H24N2.C2H6/c1-12(2)17-9-7-14(8-10-17)16-15-6-4-5-13(3)11-15;1-2/h4-6,11-12,14,16H,7-10H2,1-3H3;1-2H3. The van der Waals surface area contributed by atoms with Gasteiger partial charge in [0.2, 0.25) is 0 Å². The van der Waals surface area contributed by atoms with Crippen LogP contribution in [0.15, 0.2) is 24.3 Å². The molecule has 0 aromatic heterocycles. The van der Waals surface area contributed by atoms with Crippen LogP contribution in [0.5, 0.6) is 0 Å². The van der Waals surface area contributed by atoms with Crippen molar-refractivity contribution in [1.29, 1.82) is 0 Å². The second-order valence-electron chi connectivity index (χ2n) is 5.42. The van der Waals surface area contributed by atoms with Gasteiger partial charge >= 0.3 is 0 Å². The number of anilines is 1. The molecular formula is C17H30N2. The third-order valence-electron chi connectivity index (χ3n) is 3.65. The van der Waals surface area contributed by atoms with E-state index in [-0.39, 0.29) is 0 Å². The van der Waals surface area contributed by atoms with E-state index in [1.807, 2.05) is 13.8 Å². The van der Waals surface area contributed by atoms with Gasteiger partial charge in [0.05, 0.1) is 0 Å². The van der Waals surface area contributed by atoms with E-state index in [0.717, 1.165) is 0 Å². The van der Waals surface area contributed by atoms with Crippen molar-refractivity contribution in [2.24, 2.45) is 0 Å². The maximum absolute atomic E-state index is 3.65. The van der Waals surface area contributed by atoms with E-state index in [2.05, 4.69) is 55.3 Å². The number of nitrogens with zero attached hydrogens (tertiary/aromatic N) is 1. The summed E-state index contributed by atoms with van der Waals surface area (Å²) in [4.78, 5) is 2.56. The molecule has 0 amide bonds. The van der Waals surface area contributed by atoms with Crippen molar-refractivity contribution in [3.63, 3.8) is 0 Å². The molecule has 0 saturated carbocycles. The molecule has 0 spiro atoms. The van der Waals surface area contributed by atoms with E-state index in [4.69, 9.17) is 0 Å². The lowest BCUT2D eigenvalue weighted by atomic mass is 10.0. The second kappa shape index (κ2) is 8.21. The predicted octanol–water partition coefficient (Wildman–Crippen LogP) is 4.31. The van der Waals surface area contributed by atoms with Gasteiger partial charge in [-0.25, -0.2) is 0 Å². The van der Waals surface area contributed by atoms with Crippen LogP contribution in [-0.4, -0.2) is 30.1 Å². The van der Waals surface area contributed by atoms with Crippen LogP contribution in [0, 0.1) is 6.92 Å². The lowest BCUT2D eigenvalue weighted by Crippen LogP contribution is -2.42. The first-order valence-corrected chi connectivity index (χ1v) is 7.72. The first kappa shape index (κ1) is 16.0. The first-order chi connectivity index (χ1) is 9.15. The highest BCUT2D eigenvalue weighted by Crippen LogP contribution is 2.18. The normalized spacial score (nSPS) is 16.9. The smallest absolute Gasteiger partial charge is 0.0344 e. The summed E-state index contributed by atoms with van der Waals surface area (Å²) in [5.41, 5.74) is 2.60. The number of benzene rings is 1. The molecule has 1 aliphatic heterocycles. The van der Waals surface area contributed by atoms with Crippen LogP contribution < -0.4 is 5.32 Å². The van der Waals surface area contributed by atoms with Gasteiger partial charge in [-0.1, -0.05) is 26.0 Å². The lowest BCUT2D eigenvalue weighted by molar-refractivity contribution is 0.177. The molecule has 0 atom stereocenters. The quantitative estimate of drug-likeness (QED) is 0.873. The fourth-order valence-electron chi connectivity index (χ4n) is 2.53. The molecule has 1 heterocycles. The highest BCUT2D eigenvalue weighted by Gasteiger charge is 2.20. The van der Waals surface area contributed by atoms with Gasteiger partial charge < -0.3 is 10.2 Å². The number of aryl methyl sites for hydroxylation is 1. The van der Waals surface area contributed by atoms with E-state index in [1.165, 1.54) is 37.2 Å². The lowest BCUT2D eigenvalue weighted by Gasteiger charge is -2.35.